The molecule has 0 saturated carbocycles. The van der Waals surface area contributed by atoms with Gasteiger partial charge in [-0.2, -0.15) is 4.31 Å². The number of hydrogen-bond donors (Lipinski definition) is 1. The fraction of sp³-hybridized carbons (Fsp3) is 0.562. The van der Waals surface area contributed by atoms with Gasteiger partial charge in [-0.15, -0.1) is 0 Å². The van der Waals surface area contributed by atoms with Crippen LogP contribution >= 0.6 is 0 Å². The molecule has 1 unspecified atom stereocenters. The van der Waals surface area contributed by atoms with Crippen molar-refractivity contribution in [1.82, 2.24) is 9.21 Å². The number of amides is 1. The molecule has 1 aromatic carbocycles. The normalized spacial score (nSPS) is 22.7. The van der Waals surface area contributed by atoms with Gasteiger partial charge in [-0.05, 0) is 37.1 Å². The van der Waals surface area contributed by atoms with E-state index in [1.807, 2.05) is 0 Å². The Bertz CT molecular complexity index is 684. The summed E-state index contributed by atoms with van der Waals surface area (Å²) in [5.41, 5.74) is 6.17. The van der Waals surface area contributed by atoms with E-state index < -0.39 is 10.0 Å². The zero-order valence-corrected chi connectivity index (χ0v) is 14.4. The average Bonchev–Trinajstić information content (AvgIpc) is 3.11. The van der Waals surface area contributed by atoms with E-state index in [1.165, 1.54) is 16.4 Å². The number of carbonyl (C=O) groups excluding carboxylic acids is 1. The number of rotatable bonds is 4. The summed E-state index contributed by atoms with van der Waals surface area (Å²) >= 11 is 0. The number of carbonyl (C=O) groups is 1. The summed E-state index contributed by atoms with van der Waals surface area (Å²) in [5.74, 6) is -0.0942. The summed E-state index contributed by atoms with van der Waals surface area (Å²) < 4.78 is 32.2. The Kier molecular flexibility index (Phi) is 5.19. The van der Waals surface area contributed by atoms with Crippen LogP contribution < -0.4 is 5.73 Å². The first-order chi connectivity index (χ1) is 11.5. The molecule has 2 aliphatic rings. The molecule has 2 aliphatic heterocycles. The lowest BCUT2D eigenvalue weighted by molar-refractivity contribution is 0.0303. The zero-order valence-electron chi connectivity index (χ0n) is 13.6. The third-order valence-corrected chi connectivity index (χ3v) is 6.57. The van der Waals surface area contributed by atoms with Crippen molar-refractivity contribution in [2.75, 3.05) is 39.4 Å². The Morgan fingerprint density at radius 2 is 1.83 bits per heavy atom. The third kappa shape index (κ3) is 3.32. The first kappa shape index (κ1) is 17.3. The van der Waals surface area contributed by atoms with Crippen molar-refractivity contribution in [3.8, 4) is 0 Å². The molecule has 132 valence electrons. The molecule has 2 heterocycles. The van der Waals surface area contributed by atoms with Gasteiger partial charge in [-0.3, -0.25) is 4.79 Å². The number of hydrogen-bond acceptors (Lipinski definition) is 5. The molecule has 2 fully saturated rings. The Balaban J connectivity index is 1.77. The Labute approximate surface area is 142 Å². The molecular weight excluding hydrogens is 330 g/mol. The second-order valence-electron chi connectivity index (χ2n) is 6.08. The minimum atomic E-state index is -3.56. The highest BCUT2D eigenvalue weighted by Gasteiger charge is 2.34. The molecule has 1 amide bonds. The van der Waals surface area contributed by atoms with Crippen LogP contribution in [0.15, 0.2) is 29.2 Å². The molecule has 3 rings (SSSR count). The Morgan fingerprint density at radius 3 is 2.46 bits per heavy atom. The maximum Gasteiger partial charge on any atom is 0.254 e. The van der Waals surface area contributed by atoms with Gasteiger partial charge in [0.2, 0.25) is 10.0 Å². The summed E-state index contributed by atoms with van der Waals surface area (Å²) in [7, 11) is -3.56. The second-order valence-corrected chi connectivity index (χ2v) is 7.97. The molecule has 1 aromatic rings. The van der Waals surface area contributed by atoms with Crippen molar-refractivity contribution in [1.29, 1.82) is 0 Å². The van der Waals surface area contributed by atoms with Crippen LogP contribution in [0.5, 0.6) is 0 Å². The summed E-state index contributed by atoms with van der Waals surface area (Å²) in [6, 6.07) is 6.05. The maximum absolute atomic E-state index is 12.7. The lowest BCUT2D eigenvalue weighted by atomic mass is 10.2. The highest BCUT2D eigenvalue weighted by atomic mass is 32.2. The van der Waals surface area contributed by atoms with Gasteiger partial charge in [-0.1, -0.05) is 0 Å². The molecule has 0 bridgehead atoms. The number of sulfonamides is 1. The molecule has 24 heavy (non-hydrogen) atoms. The lowest BCUT2D eigenvalue weighted by Crippen LogP contribution is -2.41. The van der Waals surface area contributed by atoms with E-state index >= 15 is 0 Å². The standard InChI is InChI=1S/C16H23N3O4S/c17-12-14-2-1-7-19(14)24(21,22)15-5-3-13(4-6-15)16(20)18-8-10-23-11-9-18/h3-6,14H,1-2,7-12,17H2. The zero-order chi connectivity index (χ0) is 17.2. The average molecular weight is 353 g/mol. The maximum atomic E-state index is 12.7. The van der Waals surface area contributed by atoms with Crippen LogP contribution in [0.25, 0.3) is 0 Å². The Morgan fingerprint density at radius 1 is 1.17 bits per heavy atom. The number of nitrogens with two attached hydrogens (primary N) is 1. The molecule has 7 nitrogen and oxygen atoms in total. The van der Waals surface area contributed by atoms with Gasteiger partial charge in [0.15, 0.2) is 0 Å². The molecule has 0 aromatic heterocycles. The molecule has 8 heteroatoms. The first-order valence-corrected chi connectivity index (χ1v) is 9.67. The monoisotopic (exact) mass is 353 g/mol. The van der Waals surface area contributed by atoms with Gasteiger partial charge in [0, 0.05) is 37.8 Å². The van der Waals surface area contributed by atoms with E-state index in [2.05, 4.69) is 0 Å². The minimum Gasteiger partial charge on any atom is -0.378 e. The number of benzene rings is 1. The third-order valence-electron chi connectivity index (χ3n) is 4.60. The van der Waals surface area contributed by atoms with Crippen LogP contribution in [-0.4, -0.2) is 69.0 Å². The van der Waals surface area contributed by atoms with Crippen molar-refractivity contribution < 1.29 is 17.9 Å². The van der Waals surface area contributed by atoms with E-state index in [4.69, 9.17) is 10.5 Å². The van der Waals surface area contributed by atoms with Crippen molar-refractivity contribution in [2.24, 2.45) is 5.73 Å². The van der Waals surface area contributed by atoms with E-state index in [1.54, 1.807) is 17.0 Å². The fourth-order valence-corrected chi connectivity index (χ4v) is 4.92. The van der Waals surface area contributed by atoms with E-state index in [0.717, 1.165) is 12.8 Å². The van der Waals surface area contributed by atoms with Gasteiger partial charge in [0.1, 0.15) is 0 Å². The fourth-order valence-electron chi connectivity index (χ4n) is 3.22. The predicted octanol–water partition coefficient (Wildman–Crippen LogP) is 0.271. The molecule has 2 saturated heterocycles. The smallest absolute Gasteiger partial charge is 0.254 e. The highest BCUT2D eigenvalue weighted by Crippen LogP contribution is 2.25. The van der Waals surface area contributed by atoms with Gasteiger partial charge >= 0.3 is 0 Å². The van der Waals surface area contributed by atoms with Crippen LogP contribution in [0.2, 0.25) is 0 Å². The van der Waals surface area contributed by atoms with Crippen LogP contribution in [0, 0.1) is 0 Å². The second kappa shape index (κ2) is 7.18. The number of morpholine rings is 1. The van der Waals surface area contributed by atoms with E-state index in [0.29, 0.717) is 45.0 Å². The summed E-state index contributed by atoms with van der Waals surface area (Å²) in [5, 5.41) is 0. The number of nitrogens with zero attached hydrogens (tertiary/aromatic N) is 2. The van der Waals surface area contributed by atoms with Gasteiger partial charge in [-0.25, -0.2) is 8.42 Å². The summed E-state index contributed by atoms with van der Waals surface area (Å²) in [6.07, 6.45) is 1.62. The van der Waals surface area contributed by atoms with Crippen molar-refractivity contribution in [3.63, 3.8) is 0 Å². The van der Waals surface area contributed by atoms with Gasteiger partial charge in [0.25, 0.3) is 5.91 Å². The topological polar surface area (TPSA) is 92.9 Å². The highest BCUT2D eigenvalue weighted by molar-refractivity contribution is 7.89. The van der Waals surface area contributed by atoms with E-state index in [-0.39, 0.29) is 16.8 Å². The lowest BCUT2D eigenvalue weighted by Gasteiger charge is -2.27. The molecule has 1 atom stereocenters. The number of ether oxygens (including phenoxy) is 1. The van der Waals surface area contributed by atoms with E-state index in [9.17, 15) is 13.2 Å². The summed E-state index contributed by atoms with van der Waals surface area (Å²) in [4.78, 5) is 14.3. The van der Waals surface area contributed by atoms with Crippen LogP contribution in [0.1, 0.15) is 23.2 Å². The predicted molar refractivity (Wildman–Crippen MR) is 89.1 cm³/mol. The van der Waals surface area contributed by atoms with Crippen molar-refractivity contribution >= 4 is 15.9 Å². The quantitative estimate of drug-likeness (QED) is 0.839. The molecule has 0 spiro atoms. The largest absolute Gasteiger partial charge is 0.378 e. The van der Waals surface area contributed by atoms with Crippen LogP contribution in [0.4, 0.5) is 0 Å². The SMILES string of the molecule is NCC1CCCN1S(=O)(=O)c1ccc(C(=O)N2CCOCC2)cc1. The van der Waals surface area contributed by atoms with Crippen LogP contribution in [-0.2, 0) is 14.8 Å². The summed E-state index contributed by atoms with van der Waals surface area (Å²) in [6.45, 7) is 3.02. The molecule has 2 N–H and O–H groups in total. The van der Waals surface area contributed by atoms with Crippen LogP contribution in [0.3, 0.4) is 0 Å². The van der Waals surface area contributed by atoms with Crippen molar-refractivity contribution in [3.05, 3.63) is 29.8 Å². The van der Waals surface area contributed by atoms with Gasteiger partial charge < -0.3 is 15.4 Å². The molecule has 0 aliphatic carbocycles. The van der Waals surface area contributed by atoms with Crippen molar-refractivity contribution in [2.45, 2.75) is 23.8 Å². The first-order valence-electron chi connectivity index (χ1n) is 8.23. The minimum absolute atomic E-state index is 0.0942. The molecular formula is C16H23N3O4S. The van der Waals surface area contributed by atoms with Gasteiger partial charge in [0.05, 0.1) is 18.1 Å². The molecule has 0 radical (unpaired) electrons. The Hall–Kier alpha value is -1.48.